The third-order valence-electron chi connectivity index (χ3n) is 7.18. The summed E-state index contributed by atoms with van der Waals surface area (Å²) in [6.45, 7) is 0.936. The molecule has 0 saturated carbocycles. The van der Waals surface area contributed by atoms with Gasteiger partial charge in [0, 0.05) is 38.2 Å². The Morgan fingerprint density at radius 2 is 1.57 bits per heavy atom. The van der Waals surface area contributed by atoms with Gasteiger partial charge in [-0.3, -0.25) is 9.59 Å². The summed E-state index contributed by atoms with van der Waals surface area (Å²) in [4.78, 5) is 29.2. The maximum atomic E-state index is 14.2. The van der Waals surface area contributed by atoms with Crippen LogP contribution in [-0.2, 0) is 0 Å². The number of ether oxygens (including phenoxy) is 2. The zero-order valence-corrected chi connectivity index (χ0v) is 22.5. The predicted molar refractivity (Wildman–Crippen MR) is 141 cm³/mol. The number of nitrogens with zero attached hydrogens (tertiary/aromatic N) is 4. The van der Waals surface area contributed by atoms with Gasteiger partial charge in [0.2, 0.25) is 0 Å². The second kappa shape index (κ2) is 10.9. The van der Waals surface area contributed by atoms with E-state index >= 15 is 0 Å². The first kappa shape index (κ1) is 27.6. The van der Waals surface area contributed by atoms with E-state index in [1.54, 1.807) is 47.4 Å². The van der Waals surface area contributed by atoms with Gasteiger partial charge in [-0.2, -0.15) is 18.3 Å². The molecule has 40 heavy (non-hydrogen) atoms. The fraction of sp³-hybridized carbons (Fsp3) is 0.370. The number of rotatable bonds is 5. The molecule has 0 bridgehead atoms. The van der Waals surface area contributed by atoms with E-state index < -0.39 is 24.2 Å². The van der Waals surface area contributed by atoms with Crippen LogP contribution < -0.4 is 14.8 Å². The Kier molecular flexibility index (Phi) is 7.54. The summed E-state index contributed by atoms with van der Waals surface area (Å²) in [6.07, 6.45) is -5.03. The first-order valence-corrected chi connectivity index (χ1v) is 13.0. The molecule has 1 saturated heterocycles. The number of halogens is 4. The summed E-state index contributed by atoms with van der Waals surface area (Å²) >= 11 is 6.52. The highest BCUT2D eigenvalue weighted by atomic mass is 35.5. The average molecular weight is 578 g/mol. The number of piperazine rings is 1. The molecule has 212 valence electrons. The smallest absolute Gasteiger partial charge is 0.410 e. The lowest BCUT2D eigenvalue weighted by atomic mass is 9.96. The number of fused-ring (bicyclic) bond motifs is 1. The molecular weight excluding hydrogens is 551 g/mol. The van der Waals surface area contributed by atoms with Crippen LogP contribution in [0.5, 0.6) is 11.5 Å². The Balaban J connectivity index is 1.38. The lowest BCUT2D eigenvalue weighted by Gasteiger charge is -2.34. The van der Waals surface area contributed by atoms with E-state index in [9.17, 15) is 22.8 Å². The summed E-state index contributed by atoms with van der Waals surface area (Å²) in [5.74, 6) is -0.0192. The van der Waals surface area contributed by atoms with Gasteiger partial charge in [0.25, 0.3) is 11.8 Å². The summed E-state index contributed by atoms with van der Waals surface area (Å²) in [6, 6.07) is 10.9. The van der Waals surface area contributed by atoms with Crippen molar-refractivity contribution in [2.45, 2.75) is 24.7 Å². The number of hydrogen-bond donors (Lipinski definition) is 1. The van der Waals surface area contributed by atoms with Crippen molar-refractivity contribution in [2.75, 3.05) is 45.7 Å². The summed E-state index contributed by atoms with van der Waals surface area (Å²) < 4.78 is 54.0. The molecule has 2 aliphatic rings. The fourth-order valence-corrected chi connectivity index (χ4v) is 5.30. The molecule has 1 N–H and O–H groups in total. The van der Waals surface area contributed by atoms with Crippen LogP contribution in [0.1, 0.15) is 44.9 Å². The van der Waals surface area contributed by atoms with Crippen LogP contribution in [0.15, 0.2) is 48.5 Å². The van der Waals surface area contributed by atoms with E-state index in [2.05, 4.69) is 10.4 Å². The molecule has 13 heteroatoms. The first-order valence-electron chi connectivity index (χ1n) is 12.6. The third kappa shape index (κ3) is 5.15. The molecule has 1 aromatic heterocycles. The number of alkyl halides is 3. The molecule has 9 nitrogen and oxygen atoms in total. The molecule has 5 rings (SSSR count). The minimum absolute atomic E-state index is 0.0868. The lowest BCUT2D eigenvalue weighted by molar-refractivity contribution is -0.173. The van der Waals surface area contributed by atoms with E-state index in [1.165, 1.54) is 19.1 Å². The van der Waals surface area contributed by atoms with Gasteiger partial charge in [0.05, 0.1) is 20.3 Å². The second-order valence-corrected chi connectivity index (χ2v) is 9.89. The molecule has 2 aromatic carbocycles. The van der Waals surface area contributed by atoms with Gasteiger partial charge in [-0.05, 0) is 29.8 Å². The molecule has 3 heterocycles. The van der Waals surface area contributed by atoms with Crippen LogP contribution in [0.2, 0.25) is 5.02 Å². The van der Waals surface area contributed by atoms with Crippen molar-refractivity contribution in [3.63, 3.8) is 0 Å². The molecule has 3 aromatic rings. The largest absolute Gasteiger partial charge is 0.493 e. The Hall–Kier alpha value is -3.93. The van der Waals surface area contributed by atoms with Crippen LogP contribution in [0.4, 0.5) is 19.0 Å². The quantitative estimate of drug-likeness (QED) is 0.468. The van der Waals surface area contributed by atoms with Crippen molar-refractivity contribution < 1.29 is 32.2 Å². The molecule has 0 unspecified atom stereocenters. The molecular formula is C27H27ClF3N5O4. The second-order valence-electron chi connectivity index (χ2n) is 9.51. The predicted octanol–water partition coefficient (Wildman–Crippen LogP) is 4.81. The van der Waals surface area contributed by atoms with Crippen molar-refractivity contribution in [1.82, 2.24) is 19.6 Å². The number of amides is 2. The van der Waals surface area contributed by atoms with Crippen LogP contribution in [-0.4, -0.2) is 78.0 Å². The Labute approximate surface area is 233 Å². The van der Waals surface area contributed by atoms with E-state index in [1.807, 2.05) is 6.07 Å². The highest BCUT2D eigenvalue weighted by Gasteiger charge is 2.48. The lowest BCUT2D eigenvalue weighted by Crippen LogP contribution is -2.50. The Morgan fingerprint density at radius 3 is 2.17 bits per heavy atom. The van der Waals surface area contributed by atoms with E-state index in [4.69, 9.17) is 21.1 Å². The first-order chi connectivity index (χ1) is 19.1. The normalized spacial score (nSPS) is 19.1. The van der Waals surface area contributed by atoms with Crippen LogP contribution in [0.25, 0.3) is 0 Å². The number of benzene rings is 2. The maximum absolute atomic E-state index is 14.2. The maximum Gasteiger partial charge on any atom is 0.410 e. The Bertz CT molecular complexity index is 1410. The molecule has 0 spiro atoms. The third-order valence-corrected chi connectivity index (χ3v) is 7.54. The molecule has 2 amide bonds. The van der Waals surface area contributed by atoms with E-state index in [0.29, 0.717) is 22.6 Å². The van der Waals surface area contributed by atoms with Crippen molar-refractivity contribution in [1.29, 1.82) is 0 Å². The number of anilines is 1. The number of nitrogens with one attached hydrogen (secondary N) is 1. The SMILES string of the molecule is COc1ccc([C@@H]2C[C@H](C(F)(F)F)n3nc(C(=O)N4CCN(C(=O)c5ccccc5)CC4)c(Cl)c3N2)cc1OC. The van der Waals surface area contributed by atoms with Crippen molar-refractivity contribution in [2.24, 2.45) is 0 Å². The van der Waals surface area contributed by atoms with Crippen molar-refractivity contribution >= 4 is 29.2 Å². The molecule has 2 aliphatic heterocycles. The number of carbonyl (C=O) groups is 2. The van der Waals surface area contributed by atoms with Gasteiger partial charge in [-0.15, -0.1) is 0 Å². The molecule has 1 fully saturated rings. The summed E-state index contributed by atoms with van der Waals surface area (Å²) in [5, 5.41) is 6.90. The van der Waals surface area contributed by atoms with Gasteiger partial charge in [-0.1, -0.05) is 35.9 Å². The van der Waals surface area contributed by atoms with Gasteiger partial charge in [-0.25, -0.2) is 4.68 Å². The minimum Gasteiger partial charge on any atom is -0.493 e. The number of aromatic nitrogens is 2. The van der Waals surface area contributed by atoms with Crippen molar-refractivity contribution in [3.05, 3.63) is 70.4 Å². The summed E-state index contributed by atoms with van der Waals surface area (Å²) in [5.41, 5.74) is 0.803. The van der Waals surface area contributed by atoms with Crippen LogP contribution in [0.3, 0.4) is 0 Å². The molecule has 0 aliphatic carbocycles. The standard InChI is InChI=1S/C27H27ClF3N5O4/c1-39-19-9-8-17(14-20(19)40-2)18-15-21(27(29,30)31)36-24(32-18)22(28)23(33-36)26(38)35-12-10-34(11-13-35)25(37)16-6-4-3-5-7-16/h3-9,14,18,21,32H,10-13,15H2,1-2H3/t18-,21+/m0/s1. The minimum atomic E-state index is -4.65. The van der Waals surface area contributed by atoms with Gasteiger partial charge >= 0.3 is 6.18 Å². The molecule has 0 radical (unpaired) electrons. The Morgan fingerprint density at radius 1 is 0.950 bits per heavy atom. The average Bonchev–Trinajstić information content (AvgIpc) is 3.31. The monoisotopic (exact) mass is 577 g/mol. The van der Waals surface area contributed by atoms with Crippen molar-refractivity contribution in [3.8, 4) is 11.5 Å². The highest BCUT2D eigenvalue weighted by molar-refractivity contribution is 6.36. The fourth-order valence-electron chi connectivity index (χ4n) is 5.04. The zero-order chi connectivity index (χ0) is 28.6. The van der Waals surface area contributed by atoms with E-state index in [0.717, 1.165) is 4.68 Å². The number of carbonyl (C=O) groups excluding carboxylic acids is 2. The van der Waals surface area contributed by atoms with Crippen LogP contribution in [0, 0.1) is 0 Å². The van der Waals surface area contributed by atoms with E-state index in [-0.39, 0.29) is 55.0 Å². The summed E-state index contributed by atoms with van der Waals surface area (Å²) in [7, 11) is 2.91. The van der Waals surface area contributed by atoms with Gasteiger partial charge < -0.3 is 24.6 Å². The van der Waals surface area contributed by atoms with Gasteiger partial charge in [0.1, 0.15) is 10.8 Å². The number of methoxy groups -OCH3 is 2. The van der Waals surface area contributed by atoms with Crippen LogP contribution >= 0.6 is 11.6 Å². The van der Waals surface area contributed by atoms with Gasteiger partial charge in [0.15, 0.2) is 23.2 Å². The molecule has 2 atom stereocenters. The number of hydrogen-bond acceptors (Lipinski definition) is 6. The zero-order valence-electron chi connectivity index (χ0n) is 21.7. The topological polar surface area (TPSA) is 88.9 Å². The highest BCUT2D eigenvalue weighted by Crippen LogP contribution is 2.47.